The van der Waals surface area contributed by atoms with Crippen LogP contribution in [0.3, 0.4) is 0 Å². The standard InChI is InChI=1S/C25H29F5N8O3/c1-24(2,3)38(23(39)40)16-9-17(20(25(28,29)30)41-19(16)13-8-12(26)6-7-14(13)27)37-10-15-18(11-37)35(4)21(31-15)22-32-33-34-36(22)5/h6-8,16-17,19-20H,9-11H2,1-5H3,(H,39,40)/t16-,17+,19+,20-/m0/s1. The number of aryl methyl sites for hydroxylation is 1. The summed E-state index contributed by atoms with van der Waals surface area (Å²) in [7, 11) is 3.34. The van der Waals surface area contributed by atoms with Crippen LogP contribution in [0.5, 0.6) is 0 Å². The number of hydrogen-bond donors (Lipinski definition) is 1. The number of amides is 1. The maximum Gasteiger partial charge on any atom is 0.416 e. The second-order valence-corrected chi connectivity index (χ2v) is 11.3. The topological polar surface area (TPSA) is 114 Å². The molecule has 5 rings (SSSR count). The zero-order valence-corrected chi connectivity index (χ0v) is 22.9. The molecule has 2 aliphatic heterocycles. The first-order valence-corrected chi connectivity index (χ1v) is 12.8. The van der Waals surface area contributed by atoms with Crippen molar-refractivity contribution in [3.63, 3.8) is 0 Å². The van der Waals surface area contributed by atoms with Crippen LogP contribution in [0.4, 0.5) is 26.7 Å². The highest BCUT2D eigenvalue weighted by atomic mass is 19.4. The number of halogens is 5. The molecule has 4 heterocycles. The third kappa shape index (κ3) is 5.14. The molecular weight excluding hydrogens is 555 g/mol. The fourth-order valence-electron chi connectivity index (χ4n) is 5.86. The fraction of sp³-hybridized carbons (Fsp3) is 0.560. The van der Waals surface area contributed by atoms with Gasteiger partial charge in [0.15, 0.2) is 11.9 Å². The van der Waals surface area contributed by atoms with Gasteiger partial charge in [-0.15, -0.1) is 5.10 Å². The molecule has 222 valence electrons. The van der Waals surface area contributed by atoms with Gasteiger partial charge in [0.25, 0.3) is 0 Å². The number of benzene rings is 1. The monoisotopic (exact) mass is 584 g/mol. The summed E-state index contributed by atoms with van der Waals surface area (Å²) >= 11 is 0. The normalized spacial score (nSPS) is 23.6. The molecule has 2 aliphatic rings. The van der Waals surface area contributed by atoms with E-state index in [1.807, 2.05) is 0 Å². The van der Waals surface area contributed by atoms with Crippen LogP contribution in [0.15, 0.2) is 18.2 Å². The van der Waals surface area contributed by atoms with Crippen molar-refractivity contribution in [2.24, 2.45) is 14.1 Å². The number of hydrogen-bond acceptors (Lipinski definition) is 7. The van der Waals surface area contributed by atoms with Gasteiger partial charge in [0.05, 0.1) is 17.4 Å². The number of alkyl halides is 3. The third-order valence-corrected chi connectivity index (χ3v) is 7.61. The Balaban J connectivity index is 1.55. The number of rotatable bonds is 4. The average molecular weight is 585 g/mol. The second-order valence-electron chi connectivity index (χ2n) is 11.3. The highest BCUT2D eigenvalue weighted by Gasteiger charge is 2.57. The lowest BCUT2D eigenvalue weighted by Crippen LogP contribution is -2.63. The maximum absolute atomic E-state index is 14.9. The number of imidazole rings is 1. The summed E-state index contributed by atoms with van der Waals surface area (Å²) in [6.07, 6.45) is -10.8. The zero-order valence-electron chi connectivity index (χ0n) is 22.9. The van der Waals surface area contributed by atoms with Crippen molar-refractivity contribution >= 4 is 6.09 Å². The molecule has 0 aliphatic carbocycles. The van der Waals surface area contributed by atoms with Crippen molar-refractivity contribution in [1.82, 2.24) is 39.6 Å². The third-order valence-electron chi connectivity index (χ3n) is 7.61. The Morgan fingerprint density at radius 3 is 2.39 bits per heavy atom. The number of carboxylic acid groups (broad SMARTS) is 1. The van der Waals surface area contributed by atoms with Crippen LogP contribution < -0.4 is 0 Å². The number of aromatic nitrogens is 6. The Morgan fingerprint density at radius 2 is 1.83 bits per heavy atom. The first kappa shape index (κ1) is 28.9. The Bertz CT molecular complexity index is 1470. The van der Waals surface area contributed by atoms with Crippen LogP contribution in [0.25, 0.3) is 11.6 Å². The fourth-order valence-corrected chi connectivity index (χ4v) is 5.86. The van der Waals surface area contributed by atoms with Gasteiger partial charge < -0.3 is 14.4 Å². The van der Waals surface area contributed by atoms with Gasteiger partial charge in [-0.05, 0) is 55.8 Å². The van der Waals surface area contributed by atoms with Crippen LogP contribution in [0.1, 0.15) is 50.2 Å². The molecule has 1 fully saturated rings. The number of tetrazole rings is 1. The molecule has 0 unspecified atom stereocenters. The molecule has 2 aromatic heterocycles. The van der Waals surface area contributed by atoms with E-state index < -0.39 is 59.3 Å². The summed E-state index contributed by atoms with van der Waals surface area (Å²) in [4.78, 5) is 19.5. The lowest BCUT2D eigenvalue weighted by atomic mass is 9.85. The van der Waals surface area contributed by atoms with Crippen molar-refractivity contribution in [3.05, 3.63) is 46.8 Å². The largest absolute Gasteiger partial charge is 0.465 e. The number of carbonyl (C=O) groups is 1. The van der Waals surface area contributed by atoms with Crippen LogP contribution in [-0.4, -0.2) is 80.7 Å². The highest BCUT2D eigenvalue weighted by molar-refractivity contribution is 5.66. The number of ether oxygens (including phenoxy) is 1. The minimum Gasteiger partial charge on any atom is -0.465 e. The van der Waals surface area contributed by atoms with Gasteiger partial charge in [0, 0.05) is 44.3 Å². The summed E-state index contributed by atoms with van der Waals surface area (Å²) in [5.41, 5.74) is -0.421. The average Bonchev–Trinajstić information content (AvgIpc) is 3.54. The van der Waals surface area contributed by atoms with Gasteiger partial charge in [-0.25, -0.2) is 23.2 Å². The Labute approximate surface area is 231 Å². The smallest absolute Gasteiger partial charge is 0.416 e. The van der Waals surface area contributed by atoms with E-state index in [0.29, 0.717) is 23.0 Å². The molecule has 1 amide bonds. The van der Waals surface area contributed by atoms with Gasteiger partial charge in [0.2, 0.25) is 5.82 Å². The van der Waals surface area contributed by atoms with E-state index in [2.05, 4.69) is 20.5 Å². The number of nitrogens with zero attached hydrogens (tertiary/aromatic N) is 8. The summed E-state index contributed by atoms with van der Waals surface area (Å²) in [6.45, 7) is 4.79. The van der Waals surface area contributed by atoms with Gasteiger partial charge in [0.1, 0.15) is 17.7 Å². The van der Waals surface area contributed by atoms with Crippen LogP contribution >= 0.6 is 0 Å². The Hall–Kier alpha value is -3.66. The minimum atomic E-state index is -4.90. The SMILES string of the molecule is Cn1nnnc1-c1nc2c(n1C)CN([C@@H]1C[C@H](N(C(=O)O)C(C)(C)C)[C@@H](c3cc(F)ccc3F)O[C@@H]1C(F)(F)F)C2. The first-order valence-electron chi connectivity index (χ1n) is 12.8. The summed E-state index contributed by atoms with van der Waals surface area (Å²) in [5.74, 6) is -1.06. The lowest BCUT2D eigenvalue weighted by Gasteiger charge is -2.51. The van der Waals surface area contributed by atoms with E-state index in [9.17, 15) is 31.9 Å². The van der Waals surface area contributed by atoms with Crippen molar-refractivity contribution < 1.29 is 36.6 Å². The van der Waals surface area contributed by atoms with Gasteiger partial charge >= 0.3 is 12.3 Å². The van der Waals surface area contributed by atoms with Crippen LogP contribution in [0.2, 0.25) is 0 Å². The maximum atomic E-state index is 14.9. The van der Waals surface area contributed by atoms with Crippen molar-refractivity contribution in [3.8, 4) is 11.6 Å². The molecule has 1 N–H and O–H groups in total. The van der Waals surface area contributed by atoms with Crippen molar-refractivity contribution in [1.29, 1.82) is 0 Å². The first-order chi connectivity index (χ1) is 19.1. The minimum absolute atomic E-state index is 0.0172. The molecule has 16 heteroatoms. The molecule has 1 saturated heterocycles. The van der Waals surface area contributed by atoms with E-state index in [4.69, 9.17) is 4.74 Å². The molecular formula is C25H29F5N8O3. The molecule has 41 heavy (non-hydrogen) atoms. The van der Waals surface area contributed by atoms with Crippen LogP contribution in [-0.2, 0) is 31.9 Å². The summed E-state index contributed by atoms with van der Waals surface area (Å²) in [5, 5.41) is 21.5. The van der Waals surface area contributed by atoms with Crippen molar-refractivity contribution in [2.45, 2.75) is 76.3 Å². The van der Waals surface area contributed by atoms with E-state index in [-0.39, 0.29) is 19.5 Å². The molecule has 0 spiro atoms. The van der Waals surface area contributed by atoms with Crippen LogP contribution in [0, 0.1) is 11.6 Å². The Kier molecular flexibility index (Phi) is 7.04. The lowest BCUT2D eigenvalue weighted by molar-refractivity contribution is -0.277. The van der Waals surface area contributed by atoms with E-state index in [1.165, 1.54) is 9.58 Å². The molecule has 4 atom stereocenters. The number of fused-ring (bicyclic) bond motifs is 1. The molecule has 0 saturated carbocycles. The van der Waals surface area contributed by atoms with E-state index in [1.54, 1.807) is 39.4 Å². The highest BCUT2D eigenvalue weighted by Crippen LogP contribution is 2.46. The predicted octanol–water partition coefficient (Wildman–Crippen LogP) is 3.81. The second kappa shape index (κ2) is 10.0. The Morgan fingerprint density at radius 1 is 1.12 bits per heavy atom. The van der Waals surface area contributed by atoms with Gasteiger partial charge in [-0.3, -0.25) is 9.80 Å². The van der Waals surface area contributed by atoms with Gasteiger partial charge in [-0.2, -0.15) is 13.2 Å². The van der Waals surface area contributed by atoms with Gasteiger partial charge in [-0.1, -0.05) is 0 Å². The molecule has 1 aromatic carbocycles. The zero-order chi connectivity index (χ0) is 30.0. The molecule has 0 bridgehead atoms. The molecule has 11 nitrogen and oxygen atoms in total. The summed E-state index contributed by atoms with van der Waals surface area (Å²) in [6, 6.07) is -0.258. The van der Waals surface area contributed by atoms with E-state index >= 15 is 0 Å². The molecule has 0 radical (unpaired) electrons. The molecule has 3 aromatic rings. The quantitative estimate of drug-likeness (QED) is 0.461. The summed E-state index contributed by atoms with van der Waals surface area (Å²) < 4.78 is 81.6. The predicted molar refractivity (Wildman–Crippen MR) is 132 cm³/mol. The van der Waals surface area contributed by atoms with E-state index in [0.717, 1.165) is 23.1 Å². The van der Waals surface area contributed by atoms with Crippen molar-refractivity contribution in [2.75, 3.05) is 0 Å².